The van der Waals surface area contributed by atoms with Crippen LogP contribution in [0.15, 0.2) is 53.7 Å². The number of carbonyl (C=O) groups excluding carboxylic acids is 1. The minimum absolute atomic E-state index is 0.0677. The van der Waals surface area contributed by atoms with E-state index >= 15 is 0 Å². The Morgan fingerprint density at radius 1 is 1.21 bits per heavy atom. The lowest BCUT2D eigenvalue weighted by molar-refractivity contribution is -0.120. The zero-order valence-corrected chi connectivity index (χ0v) is 14.7. The van der Waals surface area contributed by atoms with Crippen LogP contribution < -0.4 is 5.32 Å². The largest absolute Gasteiger partial charge is 0.356 e. The average molecular weight is 367 g/mol. The molecule has 0 aliphatic rings. The van der Waals surface area contributed by atoms with Crippen molar-refractivity contribution in [3.63, 3.8) is 0 Å². The number of sulfone groups is 1. The quantitative estimate of drug-likeness (QED) is 0.729. The van der Waals surface area contributed by atoms with Gasteiger partial charge in [-0.15, -0.1) is 0 Å². The monoisotopic (exact) mass is 366 g/mol. The molecule has 7 heteroatoms. The van der Waals surface area contributed by atoms with Crippen LogP contribution in [-0.4, -0.2) is 31.6 Å². The van der Waals surface area contributed by atoms with E-state index in [2.05, 4.69) is 10.3 Å². The van der Waals surface area contributed by atoms with Gasteiger partial charge in [0.15, 0.2) is 9.84 Å². The molecule has 2 aromatic rings. The number of aryl methyl sites for hydroxylation is 1. The summed E-state index contributed by atoms with van der Waals surface area (Å²) in [5.41, 5.74) is 1.11. The number of amides is 1. The molecule has 0 saturated carbocycles. The van der Waals surface area contributed by atoms with Gasteiger partial charge in [-0.1, -0.05) is 23.7 Å². The molecule has 0 saturated heterocycles. The predicted octanol–water partition coefficient (Wildman–Crippen LogP) is 2.65. The maximum absolute atomic E-state index is 12.2. The number of hydrogen-bond donors (Lipinski definition) is 1. The van der Waals surface area contributed by atoms with Crippen molar-refractivity contribution in [1.82, 2.24) is 10.3 Å². The summed E-state index contributed by atoms with van der Waals surface area (Å²) in [4.78, 5) is 16.0. The Kier molecular flexibility index (Phi) is 6.75. The highest BCUT2D eigenvalue weighted by atomic mass is 35.5. The third kappa shape index (κ3) is 5.94. The molecule has 0 aliphatic heterocycles. The number of rotatable bonds is 8. The van der Waals surface area contributed by atoms with Crippen LogP contribution in [0.2, 0.25) is 5.02 Å². The van der Waals surface area contributed by atoms with E-state index in [1.807, 2.05) is 12.1 Å². The predicted molar refractivity (Wildman–Crippen MR) is 93.7 cm³/mol. The molecule has 1 aromatic heterocycles. The molecule has 5 nitrogen and oxygen atoms in total. The number of aromatic nitrogens is 1. The van der Waals surface area contributed by atoms with Crippen molar-refractivity contribution in [2.75, 3.05) is 12.3 Å². The van der Waals surface area contributed by atoms with Crippen molar-refractivity contribution < 1.29 is 13.2 Å². The van der Waals surface area contributed by atoms with E-state index in [1.165, 1.54) is 12.1 Å². The molecule has 128 valence electrons. The summed E-state index contributed by atoms with van der Waals surface area (Å²) in [6.07, 6.45) is 5.03. The van der Waals surface area contributed by atoms with Gasteiger partial charge in [-0.05, 0) is 42.7 Å². The van der Waals surface area contributed by atoms with Crippen molar-refractivity contribution >= 4 is 27.3 Å². The maximum Gasteiger partial charge on any atom is 0.221 e. The lowest BCUT2D eigenvalue weighted by Gasteiger charge is -2.07. The first-order valence-corrected chi connectivity index (χ1v) is 9.64. The normalized spacial score (nSPS) is 11.2. The van der Waals surface area contributed by atoms with E-state index in [-0.39, 0.29) is 23.0 Å². The molecule has 0 radical (unpaired) electrons. The van der Waals surface area contributed by atoms with Crippen LogP contribution in [0, 0.1) is 0 Å². The standard InChI is InChI=1S/C17H19ClN2O3S/c18-15-6-1-7-16(12-15)24(22,23)11-8-17(21)20-10-3-5-14-4-2-9-19-13-14/h1-2,4,6-7,9,12-13H,3,5,8,10-11H2,(H,20,21). The second kappa shape index (κ2) is 8.80. The van der Waals surface area contributed by atoms with Crippen LogP contribution in [0.25, 0.3) is 0 Å². The zero-order valence-electron chi connectivity index (χ0n) is 13.1. The van der Waals surface area contributed by atoms with Gasteiger partial charge in [0.05, 0.1) is 10.6 Å². The van der Waals surface area contributed by atoms with Gasteiger partial charge in [-0.3, -0.25) is 9.78 Å². The van der Waals surface area contributed by atoms with Gasteiger partial charge in [-0.2, -0.15) is 0 Å². The van der Waals surface area contributed by atoms with Crippen molar-refractivity contribution in [3.05, 3.63) is 59.4 Å². The van der Waals surface area contributed by atoms with Crippen molar-refractivity contribution in [1.29, 1.82) is 0 Å². The van der Waals surface area contributed by atoms with Crippen molar-refractivity contribution in [2.24, 2.45) is 0 Å². The molecule has 0 unspecified atom stereocenters. The number of hydrogen-bond acceptors (Lipinski definition) is 4. The summed E-state index contributed by atoms with van der Waals surface area (Å²) in [5, 5.41) is 3.10. The van der Waals surface area contributed by atoms with Gasteiger partial charge in [0.1, 0.15) is 0 Å². The average Bonchev–Trinajstić information content (AvgIpc) is 2.58. The first kappa shape index (κ1) is 18.4. The highest BCUT2D eigenvalue weighted by Crippen LogP contribution is 2.17. The number of halogens is 1. The van der Waals surface area contributed by atoms with Gasteiger partial charge >= 0.3 is 0 Å². The minimum Gasteiger partial charge on any atom is -0.356 e. The third-order valence-corrected chi connectivity index (χ3v) is 5.39. The summed E-state index contributed by atoms with van der Waals surface area (Å²) >= 11 is 5.80. The van der Waals surface area contributed by atoms with E-state index < -0.39 is 9.84 Å². The number of nitrogens with one attached hydrogen (secondary N) is 1. The summed E-state index contributed by atoms with van der Waals surface area (Å²) < 4.78 is 24.3. The molecule has 1 heterocycles. The van der Waals surface area contributed by atoms with Gasteiger partial charge in [-0.25, -0.2) is 8.42 Å². The smallest absolute Gasteiger partial charge is 0.221 e. The Balaban J connectivity index is 1.73. The minimum atomic E-state index is -3.50. The Hall–Kier alpha value is -1.92. The fourth-order valence-corrected chi connectivity index (χ4v) is 3.70. The lowest BCUT2D eigenvalue weighted by atomic mass is 10.1. The Labute approximate surface area is 147 Å². The van der Waals surface area contributed by atoms with Crippen molar-refractivity contribution in [2.45, 2.75) is 24.2 Å². The maximum atomic E-state index is 12.2. The Bertz CT molecular complexity index is 779. The van der Waals surface area contributed by atoms with Crippen LogP contribution in [0.1, 0.15) is 18.4 Å². The van der Waals surface area contributed by atoms with E-state index in [0.717, 1.165) is 18.4 Å². The summed E-state index contributed by atoms with van der Waals surface area (Å²) in [5.74, 6) is -0.506. The molecule has 1 N–H and O–H groups in total. The lowest BCUT2D eigenvalue weighted by Crippen LogP contribution is -2.26. The zero-order chi connectivity index (χ0) is 17.4. The molecule has 0 fully saturated rings. The van der Waals surface area contributed by atoms with Crippen LogP contribution in [0.3, 0.4) is 0 Å². The number of pyridine rings is 1. The summed E-state index contributed by atoms with van der Waals surface area (Å²) in [6.45, 7) is 0.505. The van der Waals surface area contributed by atoms with Crippen molar-refractivity contribution in [3.8, 4) is 0 Å². The molecule has 2 rings (SSSR count). The SMILES string of the molecule is O=C(CCS(=O)(=O)c1cccc(Cl)c1)NCCCc1cccnc1. The fourth-order valence-electron chi connectivity index (χ4n) is 2.16. The second-order valence-electron chi connectivity index (χ2n) is 5.34. The second-order valence-corrected chi connectivity index (χ2v) is 7.89. The number of benzene rings is 1. The van der Waals surface area contributed by atoms with Gasteiger partial charge < -0.3 is 5.32 Å². The van der Waals surface area contributed by atoms with Crippen LogP contribution in [-0.2, 0) is 21.1 Å². The molecule has 1 aromatic carbocycles. The highest BCUT2D eigenvalue weighted by Gasteiger charge is 2.16. The molecular formula is C17H19ClN2O3S. The molecule has 0 aliphatic carbocycles. The number of nitrogens with zero attached hydrogens (tertiary/aromatic N) is 1. The van der Waals surface area contributed by atoms with Crippen LogP contribution >= 0.6 is 11.6 Å². The summed E-state index contributed by atoms with van der Waals surface area (Å²) in [6, 6.07) is 9.90. The summed E-state index contributed by atoms with van der Waals surface area (Å²) in [7, 11) is -3.50. The van der Waals surface area contributed by atoms with Gasteiger partial charge in [0.25, 0.3) is 0 Å². The molecule has 24 heavy (non-hydrogen) atoms. The Morgan fingerprint density at radius 3 is 2.75 bits per heavy atom. The topological polar surface area (TPSA) is 76.1 Å². The van der Waals surface area contributed by atoms with Gasteiger partial charge in [0, 0.05) is 30.4 Å². The van der Waals surface area contributed by atoms with E-state index in [9.17, 15) is 13.2 Å². The Morgan fingerprint density at radius 2 is 2.04 bits per heavy atom. The molecule has 0 atom stereocenters. The molecule has 0 bridgehead atoms. The number of carbonyl (C=O) groups is 1. The highest BCUT2D eigenvalue weighted by molar-refractivity contribution is 7.91. The third-order valence-electron chi connectivity index (χ3n) is 3.44. The first-order chi connectivity index (χ1) is 11.5. The molecule has 1 amide bonds. The van der Waals surface area contributed by atoms with Crippen LogP contribution in [0.4, 0.5) is 0 Å². The first-order valence-electron chi connectivity index (χ1n) is 7.61. The molecular weight excluding hydrogens is 348 g/mol. The fraction of sp³-hybridized carbons (Fsp3) is 0.294. The molecule has 0 spiro atoms. The van der Waals surface area contributed by atoms with E-state index in [1.54, 1.807) is 24.5 Å². The van der Waals surface area contributed by atoms with Crippen LogP contribution in [0.5, 0.6) is 0 Å². The van der Waals surface area contributed by atoms with E-state index in [4.69, 9.17) is 11.6 Å². The van der Waals surface area contributed by atoms with Gasteiger partial charge in [0.2, 0.25) is 5.91 Å². The van der Waals surface area contributed by atoms with E-state index in [0.29, 0.717) is 11.6 Å².